The Morgan fingerprint density at radius 1 is 1.71 bits per heavy atom. The van der Waals surface area contributed by atoms with E-state index < -0.39 is 0 Å². The fourth-order valence-electron chi connectivity index (χ4n) is 2.05. The van der Waals surface area contributed by atoms with Crippen LogP contribution in [0.3, 0.4) is 0 Å². The Kier molecular flexibility index (Phi) is 4.91. The number of morpholine rings is 1. The second-order valence-electron chi connectivity index (χ2n) is 4.60. The Balaban J connectivity index is 1.68. The highest BCUT2D eigenvalue weighted by Gasteiger charge is 2.15. The Hall–Kier alpha value is -0.490. The highest BCUT2D eigenvalue weighted by atomic mass is 32.1. The molecule has 0 bridgehead atoms. The molecule has 0 aromatic carbocycles. The zero-order chi connectivity index (χ0) is 12.1. The van der Waals surface area contributed by atoms with Crippen molar-refractivity contribution in [1.82, 2.24) is 15.6 Å². The van der Waals surface area contributed by atoms with Gasteiger partial charge in [0.2, 0.25) is 0 Å². The molecule has 0 spiro atoms. The number of thiazole rings is 1. The average Bonchev–Trinajstić information content (AvgIpc) is 2.74. The topological polar surface area (TPSA) is 46.2 Å². The average molecular weight is 255 g/mol. The van der Waals surface area contributed by atoms with E-state index in [1.165, 1.54) is 0 Å². The molecule has 1 aliphatic rings. The van der Waals surface area contributed by atoms with Crippen molar-refractivity contribution in [1.29, 1.82) is 0 Å². The van der Waals surface area contributed by atoms with Crippen LogP contribution < -0.4 is 10.6 Å². The van der Waals surface area contributed by atoms with Crippen LogP contribution in [0.4, 0.5) is 0 Å². The zero-order valence-corrected chi connectivity index (χ0v) is 11.3. The van der Waals surface area contributed by atoms with Gasteiger partial charge in [-0.15, -0.1) is 11.3 Å². The largest absolute Gasteiger partial charge is 0.379 e. The van der Waals surface area contributed by atoms with Crippen LogP contribution in [0.2, 0.25) is 0 Å². The van der Waals surface area contributed by atoms with Crippen molar-refractivity contribution in [3.8, 4) is 0 Å². The van der Waals surface area contributed by atoms with Crippen LogP contribution >= 0.6 is 11.3 Å². The van der Waals surface area contributed by atoms with E-state index in [9.17, 15) is 0 Å². The molecule has 2 unspecified atom stereocenters. The van der Waals surface area contributed by atoms with E-state index >= 15 is 0 Å². The van der Waals surface area contributed by atoms with Gasteiger partial charge in [0.05, 0.1) is 23.9 Å². The van der Waals surface area contributed by atoms with Crippen LogP contribution in [0.1, 0.15) is 24.0 Å². The Labute approximate surface area is 107 Å². The molecule has 2 rings (SSSR count). The minimum Gasteiger partial charge on any atom is -0.379 e. The lowest BCUT2D eigenvalue weighted by molar-refractivity contribution is 0.0712. The summed E-state index contributed by atoms with van der Waals surface area (Å²) < 4.78 is 5.45. The van der Waals surface area contributed by atoms with Crippen LogP contribution in [0.25, 0.3) is 0 Å². The first-order valence-corrected chi connectivity index (χ1v) is 7.07. The summed E-state index contributed by atoms with van der Waals surface area (Å²) in [6, 6.07) is 0.972. The Morgan fingerprint density at radius 2 is 2.59 bits per heavy atom. The van der Waals surface area contributed by atoms with E-state index in [1.807, 2.05) is 6.92 Å². The fourth-order valence-corrected chi connectivity index (χ4v) is 2.66. The minimum absolute atomic E-state index is 0.483. The van der Waals surface area contributed by atoms with Crippen LogP contribution in [0, 0.1) is 6.92 Å². The van der Waals surface area contributed by atoms with E-state index in [-0.39, 0.29) is 0 Å². The summed E-state index contributed by atoms with van der Waals surface area (Å²) in [7, 11) is 0. The summed E-state index contributed by atoms with van der Waals surface area (Å²) in [5.41, 5.74) is 1.15. The number of aryl methyl sites for hydroxylation is 1. The summed E-state index contributed by atoms with van der Waals surface area (Å²) in [5.74, 6) is 0. The van der Waals surface area contributed by atoms with Crippen molar-refractivity contribution in [2.24, 2.45) is 0 Å². The summed E-state index contributed by atoms with van der Waals surface area (Å²) in [4.78, 5) is 4.45. The molecule has 2 atom stereocenters. The molecule has 1 fully saturated rings. The van der Waals surface area contributed by atoms with Crippen molar-refractivity contribution < 1.29 is 4.74 Å². The van der Waals surface area contributed by atoms with Gasteiger partial charge in [-0.25, -0.2) is 4.98 Å². The van der Waals surface area contributed by atoms with Gasteiger partial charge in [-0.05, 0) is 20.3 Å². The summed E-state index contributed by atoms with van der Waals surface area (Å²) in [6.45, 7) is 7.77. The predicted molar refractivity (Wildman–Crippen MR) is 70.4 cm³/mol. The number of hydrogen-bond donors (Lipinski definition) is 2. The van der Waals surface area contributed by atoms with Crippen molar-refractivity contribution in [3.63, 3.8) is 0 Å². The van der Waals surface area contributed by atoms with E-state index in [0.717, 1.165) is 43.4 Å². The maximum atomic E-state index is 5.45. The maximum absolute atomic E-state index is 5.45. The van der Waals surface area contributed by atoms with E-state index in [0.29, 0.717) is 12.1 Å². The molecule has 0 aliphatic carbocycles. The quantitative estimate of drug-likeness (QED) is 0.833. The van der Waals surface area contributed by atoms with Crippen LogP contribution in [0.15, 0.2) is 5.38 Å². The van der Waals surface area contributed by atoms with Gasteiger partial charge in [0, 0.05) is 30.6 Å². The number of aromatic nitrogens is 1. The lowest BCUT2D eigenvalue weighted by Gasteiger charge is -2.26. The van der Waals surface area contributed by atoms with Gasteiger partial charge >= 0.3 is 0 Å². The van der Waals surface area contributed by atoms with Crippen molar-refractivity contribution in [3.05, 3.63) is 16.1 Å². The van der Waals surface area contributed by atoms with Gasteiger partial charge in [0.15, 0.2) is 0 Å². The van der Waals surface area contributed by atoms with Crippen molar-refractivity contribution >= 4 is 11.3 Å². The van der Waals surface area contributed by atoms with E-state index in [4.69, 9.17) is 4.74 Å². The van der Waals surface area contributed by atoms with Gasteiger partial charge < -0.3 is 15.4 Å². The molecular formula is C12H21N3OS. The molecule has 0 amide bonds. The number of ether oxygens (including phenoxy) is 1. The number of nitrogens with zero attached hydrogens (tertiary/aromatic N) is 1. The van der Waals surface area contributed by atoms with Crippen molar-refractivity contribution in [2.45, 2.75) is 38.9 Å². The Bertz CT molecular complexity index is 336. The van der Waals surface area contributed by atoms with E-state index in [1.54, 1.807) is 11.3 Å². The molecule has 2 N–H and O–H groups in total. The lowest BCUT2D eigenvalue weighted by Crippen LogP contribution is -2.44. The third-order valence-corrected chi connectivity index (χ3v) is 3.76. The molecular weight excluding hydrogens is 234 g/mol. The second-order valence-corrected chi connectivity index (χ2v) is 5.66. The molecule has 0 radical (unpaired) electrons. The number of rotatable bonds is 5. The third kappa shape index (κ3) is 4.35. The molecule has 96 valence electrons. The molecule has 0 saturated carbocycles. The zero-order valence-electron chi connectivity index (χ0n) is 10.5. The monoisotopic (exact) mass is 255 g/mol. The van der Waals surface area contributed by atoms with Crippen molar-refractivity contribution in [2.75, 3.05) is 19.8 Å². The highest BCUT2D eigenvalue weighted by molar-refractivity contribution is 7.09. The first kappa shape index (κ1) is 13.0. The van der Waals surface area contributed by atoms with Crippen LogP contribution in [-0.4, -0.2) is 36.8 Å². The summed E-state index contributed by atoms with van der Waals surface area (Å²) in [6.07, 6.45) is 1.10. The molecule has 1 aromatic rings. The predicted octanol–water partition coefficient (Wildman–Crippen LogP) is 1.31. The smallest absolute Gasteiger partial charge is 0.0897 e. The first-order chi connectivity index (χ1) is 8.24. The highest BCUT2D eigenvalue weighted by Crippen LogP contribution is 2.08. The molecule has 1 aromatic heterocycles. The standard InChI is InChI=1S/C12H21N3OS/c1-9(5-11-7-16-4-3-13-11)14-6-12-8-17-10(2)15-12/h8-9,11,13-14H,3-7H2,1-2H3. The van der Waals surface area contributed by atoms with E-state index in [2.05, 4.69) is 27.9 Å². The van der Waals surface area contributed by atoms with Gasteiger partial charge in [0.25, 0.3) is 0 Å². The SMILES string of the molecule is Cc1nc(CNC(C)CC2COCCN2)cs1. The number of nitrogens with one attached hydrogen (secondary N) is 2. The molecule has 2 heterocycles. The van der Waals surface area contributed by atoms with Gasteiger partial charge in [-0.1, -0.05) is 0 Å². The summed E-state index contributed by atoms with van der Waals surface area (Å²) in [5, 5.41) is 10.2. The maximum Gasteiger partial charge on any atom is 0.0897 e. The molecule has 1 saturated heterocycles. The molecule has 17 heavy (non-hydrogen) atoms. The minimum atomic E-state index is 0.483. The molecule has 4 nitrogen and oxygen atoms in total. The normalized spacial score (nSPS) is 22.6. The molecule has 5 heteroatoms. The Morgan fingerprint density at radius 3 is 3.24 bits per heavy atom. The van der Waals surface area contributed by atoms with Gasteiger partial charge in [-0.3, -0.25) is 0 Å². The summed E-state index contributed by atoms with van der Waals surface area (Å²) >= 11 is 1.71. The van der Waals surface area contributed by atoms with Gasteiger partial charge in [-0.2, -0.15) is 0 Å². The third-order valence-electron chi connectivity index (χ3n) is 2.93. The lowest BCUT2D eigenvalue weighted by atomic mass is 10.1. The second kappa shape index (κ2) is 6.44. The number of hydrogen-bond acceptors (Lipinski definition) is 5. The first-order valence-electron chi connectivity index (χ1n) is 6.19. The fraction of sp³-hybridized carbons (Fsp3) is 0.750. The van der Waals surface area contributed by atoms with Crippen LogP contribution in [-0.2, 0) is 11.3 Å². The van der Waals surface area contributed by atoms with Gasteiger partial charge in [0.1, 0.15) is 0 Å². The van der Waals surface area contributed by atoms with Crippen LogP contribution in [0.5, 0.6) is 0 Å². The molecule has 1 aliphatic heterocycles.